The van der Waals surface area contributed by atoms with Gasteiger partial charge < -0.3 is 20.1 Å². The van der Waals surface area contributed by atoms with E-state index in [9.17, 15) is 4.79 Å². The topological polar surface area (TPSA) is 90.3 Å². The maximum atomic E-state index is 13.6. The van der Waals surface area contributed by atoms with E-state index in [0.29, 0.717) is 35.3 Å². The second kappa shape index (κ2) is 10.6. The van der Waals surface area contributed by atoms with E-state index < -0.39 is 6.04 Å². The number of allylic oxidation sites excluding steroid dienone is 1. The molecule has 1 amide bonds. The zero-order valence-electron chi connectivity index (χ0n) is 22.9. The molecule has 1 unspecified atom stereocenters. The third-order valence-corrected chi connectivity index (χ3v) is 6.82. The van der Waals surface area contributed by atoms with Crippen LogP contribution in [0.15, 0.2) is 90.4 Å². The van der Waals surface area contributed by atoms with Crippen molar-refractivity contribution in [1.29, 1.82) is 0 Å². The molecular weight excluding hydrogens is 490 g/mol. The van der Waals surface area contributed by atoms with Crippen LogP contribution in [0.5, 0.6) is 11.5 Å². The maximum absolute atomic E-state index is 13.6. The first-order valence-corrected chi connectivity index (χ1v) is 12.9. The molecule has 2 heterocycles. The summed E-state index contributed by atoms with van der Waals surface area (Å²) < 4.78 is 13.2. The lowest BCUT2D eigenvalue weighted by Crippen LogP contribution is -2.31. The molecular formula is C31H33N5O3. The molecule has 0 saturated carbocycles. The third kappa shape index (κ3) is 5.50. The molecule has 0 fully saturated rings. The summed E-state index contributed by atoms with van der Waals surface area (Å²) in [6.45, 7) is 8.94. The summed E-state index contributed by atoms with van der Waals surface area (Å²) in [5.41, 5.74) is 5.22. The highest BCUT2D eigenvalue weighted by Gasteiger charge is 2.33. The van der Waals surface area contributed by atoms with Crippen LogP contribution in [0.1, 0.15) is 50.4 Å². The van der Waals surface area contributed by atoms with Crippen molar-refractivity contribution in [2.45, 2.75) is 45.8 Å². The largest absolute Gasteiger partial charge is 0.495 e. The Morgan fingerprint density at radius 2 is 1.74 bits per heavy atom. The van der Waals surface area contributed by atoms with Crippen LogP contribution in [0.2, 0.25) is 0 Å². The quantitative estimate of drug-likeness (QED) is 0.305. The first-order valence-electron chi connectivity index (χ1n) is 12.9. The Kier molecular flexibility index (Phi) is 7.11. The lowest BCUT2D eigenvalue weighted by Gasteiger charge is -2.29. The second-order valence-corrected chi connectivity index (χ2v) is 10.6. The fourth-order valence-corrected chi connectivity index (χ4v) is 4.64. The fourth-order valence-electron chi connectivity index (χ4n) is 4.64. The molecule has 0 radical (unpaired) electrons. The summed E-state index contributed by atoms with van der Waals surface area (Å²) in [4.78, 5) is 17.9. The third-order valence-electron chi connectivity index (χ3n) is 6.82. The summed E-state index contributed by atoms with van der Waals surface area (Å²) in [5, 5.41) is 10.6. The van der Waals surface area contributed by atoms with Crippen molar-refractivity contribution in [2.24, 2.45) is 0 Å². The van der Waals surface area contributed by atoms with E-state index in [0.717, 1.165) is 16.9 Å². The average Bonchev–Trinajstić information content (AvgIpc) is 3.39. The minimum atomic E-state index is -0.475. The number of nitrogens with one attached hydrogen (secondary N) is 2. The van der Waals surface area contributed by atoms with Crippen LogP contribution >= 0.6 is 0 Å². The van der Waals surface area contributed by atoms with E-state index in [4.69, 9.17) is 9.47 Å². The minimum absolute atomic E-state index is 0.115. The standard InChI is InChI=1S/C31H33N5O3/c1-20-27(29(37)35-25-8-6-7-9-26(25)38-5)28(36-30(34-20)32-19-33-36)22-12-16-24(17-13-22)39-18-21-10-14-23(15-11-21)31(2,3)4/h6-17,19,28H,18H2,1-5H3,(H,35,37)(H,32,33,34). The molecule has 1 aliphatic rings. The van der Waals surface area contributed by atoms with Crippen LogP contribution in [-0.4, -0.2) is 27.8 Å². The molecule has 3 aromatic carbocycles. The molecule has 0 spiro atoms. The smallest absolute Gasteiger partial charge is 0.255 e. The molecule has 1 atom stereocenters. The van der Waals surface area contributed by atoms with Crippen LogP contribution in [0.4, 0.5) is 11.6 Å². The van der Waals surface area contributed by atoms with Crippen molar-refractivity contribution in [1.82, 2.24) is 14.8 Å². The predicted molar refractivity (Wildman–Crippen MR) is 152 cm³/mol. The molecule has 0 aliphatic carbocycles. The second-order valence-electron chi connectivity index (χ2n) is 10.6. The highest BCUT2D eigenvalue weighted by molar-refractivity contribution is 6.06. The molecule has 4 aromatic rings. The summed E-state index contributed by atoms with van der Waals surface area (Å²) in [6, 6.07) is 23.1. The summed E-state index contributed by atoms with van der Waals surface area (Å²) >= 11 is 0. The van der Waals surface area contributed by atoms with E-state index in [-0.39, 0.29) is 11.3 Å². The number of methoxy groups -OCH3 is 1. The molecule has 1 aliphatic heterocycles. The van der Waals surface area contributed by atoms with Crippen molar-refractivity contribution < 1.29 is 14.3 Å². The van der Waals surface area contributed by atoms with Gasteiger partial charge in [-0.25, -0.2) is 4.68 Å². The number of hydrogen-bond acceptors (Lipinski definition) is 6. The zero-order chi connectivity index (χ0) is 27.6. The minimum Gasteiger partial charge on any atom is -0.495 e. The average molecular weight is 524 g/mol. The van der Waals surface area contributed by atoms with Crippen LogP contribution in [0.3, 0.4) is 0 Å². The van der Waals surface area contributed by atoms with Gasteiger partial charge in [0, 0.05) is 5.70 Å². The van der Waals surface area contributed by atoms with Crippen LogP contribution in [-0.2, 0) is 16.8 Å². The number of anilines is 2. The molecule has 0 saturated heterocycles. The monoisotopic (exact) mass is 523 g/mol. The molecule has 8 nitrogen and oxygen atoms in total. The number of carbonyl (C=O) groups excluding carboxylic acids is 1. The van der Waals surface area contributed by atoms with E-state index in [1.54, 1.807) is 17.9 Å². The molecule has 1 aromatic heterocycles. The van der Waals surface area contributed by atoms with E-state index in [1.165, 1.54) is 11.9 Å². The van der Waals surface area contributed by atoms with Crippen molar-refractivity contribution in [3.63, 3.8) is 0 Å². The van der Waals surface area contributed by atoms with Crippen LogP contribution < -0.4 is 20.1 Å². The molecule has 8 heteroatoms. The van der Waals surface area contributed by atoms with Crippen molar-refractivity contribution in [3.8, 4) is 11.5 Å². The molecule has 39 heavy (non-hydrogen) atoms. The maximum Gasteiger partial charge on any atom is 0.255 e. The molecule has 2 N–H and O–H groups in total. The van der Waals surface area contributed by atoms with Gasteiger partial charge >= 0.3 is 0 Å². The predicted octanol–water partition coefficient (Wildman–Crippen LogP) is 6.09. The Morgan fingerprint density at radius 3 is 2.44 bits per heavy atom. The van der Waals surface area contributed by atoms with Gasteiger partial charge in [-0.15, -0.1) is 0 Å². The van der Waals surface area contributed by atoms with Gasteiger partial charge in [-0.3, -0.25) is 4.79 Å². The van der Waals surface area contributed by atoms with Gasteiger partial charge in [0.05, 0.1) is 18.4 Å². The van der Waals surface area contributed by atoms with E-state index >= 15 is 0 Å². The van der Waals surface area contributed by atoms with Gasteiger partial charge in [0.15, 0.2) is 0 Å². The van der Waals surface area contributed by atoms with Crippen molar-refractivity contribution in [3.05, 3.63) is 107 Å². The highest BCUT2D eigenvalue weighted by atomic mass is 16.5. The number of benzene rings is 3. The summed E-state index contributed by atoms with van der Waals surface area (Å²) in [7, 11) is 1.58. The van der Waals surface area contributed by atoms with Gasteiger partial charge in [0.2, 0.25) is 5.95 Å². The first-order chi connectivity index (χ1) is 18.7. The van der Waals surface area contributed by atoms with Gasteiger partial charge in [-0.05, 0) is 53.3 Å². The Balaban J connectivity index is 1.37. The Bertz CT molecular complexity index is 1500. The summed E-state index contributed by atoms with van der Waals surface area (Å²) in [5.74, 6) is 1.65. The van der Waals surface area contributed by atoms with Crippen LogP contribution in [0, 0.1) is 0 Å². The first kappa shape index (κ1) is 26.0. The number of rotatable bonds is 7. The highest BCUT2D eigenvalue weighted by Crippen LogP contribution is 2.36. The van der Waals surface area contributed by atoms with Gasteiger partial charge in [0.1, 0.15) is 30.5 Å². The molecule has 200 valence electrons. The number of fused-ring (bicyclic) bond motifs is 1. The number of carbonyl (C=O) groups is 1. The Hall–Kier alpha value is -4.59. The molecule has 0 bridgehead atoms. The lowest BCUT2D eigenvalue weighted by atomic mass is 9.87. The Morgan fingerprint density at radius 1 is 1.03 bits per heavy atom. The van der Waals surface area contributed by atoms with Crippen LogP contribution in [0.25, 0.3) is 0 Å². The number of hydrogen-bond donors (Lipinski definition) is 2. The summed E-state index contributed by atoms with van der Waals surface area (Å²) in [6.07, 6.45) is 1.48. The van der Waals surface area contributed by atoms with Crippen molar-refractivity contribution in [2.75, 3.05) is 17.7 Å². The number of ether oxygens (including phenoxy) is 2. The SMILES string of the molecule is COc1ccccc1NC(=O)C1=C(C)Nc2ncnn2C1c1ccc(OCc2ccc(C(C)(C)C)cc2)cc1. The van der Waals surface area contributed by atoms with Gasteiger partial charge in [-0.2, -0.15) is 10.1 Å². The zero-order valence-corrected chi connectivity index (χ0v) is 22.9. The molecule has 5 rings (SSSR count). The number of aromatic nitrogens is 3. The number of para-hydroxylation sites is 2. The Labute approximate surface area is 228 Å². The lowest BCUT2D eigenvalue weighted by molar-refractivity contribution is -0.113. The normalized spacial score (nSPS) is 14.8. The van der Waals surface area contributed by atoms with Gasteiger partial charge in [0.25, 0.3) is 5.91 Å². The number of amides is 1. The number of nitrogens with zero attached hydrogens (tertiary/aromatic N) is 3. The fraction of sp³-hybridized carbons (Fsp3) is 0.258. The van der Waals surface area contributed by atoms with E-state index in [1.807, 2.05) is 49.4 Å². The van der Waals surface area contributed by atoms with E-state index in [2.05, 4.69) is 65.8 Å². The van der Waals surface area contributed by atoms with Gasteiger partial charge in [-0.1, -0.05) is 69.3 Å². The van der Waals surface area contributed by atoms with Crippen molar-refractivity contribution >= 4 is 17.5 Å².